The van der Waals surface area contributed by atoms with Crippen molar-refractivity contribution in [1.29, 1.82) is 0 Å². The molecule has 0 saturated carbocycles. The summed E-state index contributed by atoms with van der Waals surface area (Å²) in [5.41, 5.74) is 1.30. The van der Waals surface area contributed by atoms with Crippen molar-refractivity contribution in [3.05, 3.63) is 22.8 Å². The van der Waals surface area contributed by atoms with Gasteiger partial charge in [-0.15, -0.1) is 0 Å². The average molecular weight is 266 g/mol. The van der Waals surface area contributed by atoms with Gasteiger partial charge in [0.2, 0.25) is 5.13 Å². The zero-order valence-electron chi connectivity index (χ0n) is 10.6. The largest absolute Gasteiger partial charge is 0.478 e. The number of carboxylic acids is 1. The number of carbonyl (C=O) groups is 1. The van der Waals surface area contributed by atoms with Gasteiger partial charge in [-0.25, -0.2) is 14.5 Å². The molecule has 0 atom stereocenters. The number of rotatable bonds is 3. The lowest BCUT2D eigenvalue weighted by Crippen LogP contribution is -2.02. The number of hydrogen-bond donors (Lipinski definition) is 1. The quantitative estimate of drug-likeness (QED) is 0.920. The monoisotopic (exact) mass is 266 g/mol. The molecule has 0 saturated heterocycles. The van der Waals surface area contributed by atoms with Crippen LogP contribution >= 0.6 is 11.5 Å². The topological polar surface area (TPSA) is 80.9 Å². The first-order valence-electron chi connectivity index (χ1n) is 5.55. The van der Waals surface area contributed by atoms with E-state index in [0.717, 1.165) is 5.82 Å². The fourth-order valence-corrected chi connectivity index (χ4v) is 2.50. The minimum atomic E-state index is -0.968. The van der Waals surface area contributed by atoms with Crippen LogP contribution in [-0.4, -0.2) is 30.2 Å². The predicted octanol–water partition coefficient (Wildman–Crippen LogP) is 2.16. The maximum absolute atomic E-state index is 11.1. The van der Waals surface area contributed by atoms with Gasteiger partial charge in [0, 0.05) is 17.5 Å². The van der Waals surface area contributed by atoms with E-state index in [2.05, 4.69) is 14.5 Å². The normalized spacial score (nSPS) is 11.2. The summed E-state index contributed by atoms with van der Waals surface area (Å²) < 4.78 is 5.78. The third kappa shape index (κ3) is 2.01. The molecule has 18 heavy (non-hydrogen) atoms. The van der Waals surface area contributed by atoms with Crippen LogP contribution in [0.15, 0.2) is 0 Å². The van der Waals surface area contributed by atoms with Crippen LogP contribution < -0.4 is 0 Å². The Morgan fingerprint density at radius 2 is 2.06 bits per heavy atom. The van der Waals surface area contributed by atoms with Gasteiger partial charge in [0.25, 0.3) is 0 Å². The molecule has 0 spiro atoms. The van der Waals surface area contributed by atoms with Gasteiger partial charge in [-0.3, -0.25) is 0 Å². The summed E-state index contributed by atoms with van der Waals surface area (Å²) >= 11 is 1.23. The van der Waals surface area contributed by atoms with Gasteiger partial charge < -0.3 is 5.11 Å². The molecule has 0 unspecified atom stereocenters. The number of aryl methyl sites for hydroxylation is 1. The van der Waals surface area contributed by atoms with Gasteiger partial charge in [0.1, 0.15) is 11.4 Å². The van der Waals surface area contributed by atoms with Crippen molar-refractivity contribution >= 4 is 17.5 Å². The Hall–Kier alpha value is -1.76. The van der Waals surface area contributed by atoms with Crippen LogP contribution in [0.5, 0.6) is 0 Å². The highest BCUT2D eigenvalue weighted by molar-refractivity contribution is 7.08. The van der Waals surface area contributed by atoms with Crippen LogP contribution in [-0.2, 0) is 0 Å². The Kier molecular flexibility index (Phi) is 3.16. The second-order valence-electron chi connectivity index (χ2n) is 4.35. The Morgan fingerprint density at radius 1 is 1.39 bits per heavy atom. The van der Waals surface area contributed by atoms with Crippen LogP contribution in [0.25, 0.3) is 5.13 Å². The van der Waals surface area contributed by atoms with Gasteiger partial charge in [0.05, 0.1) is 11.4 Å². The molecular weight excluding hydrogens is 252 g/mol. The molecular formula is C11H14N4O2S. The van der Waals surface area contributed by atoms with E-state index in [9.17, 15) is 4.79 Å². The Morgan fingerprint density at radius 3 is 2.50 bits per heavy atom. The van der Waals surface area contributed by atoms with Crippen molar-refractivity contribution < 1.29 is 9.90 Å². The Bertz CT molecular complexity index is 600. The molecule has 0 fully saturated rings. The zero-order chi connectivity index (χ0) is 13.4. The first kappa shape index (κ1) is 12.7. The molecule has 2 aromatic heterocycles. The van der Waals surface area contributed by atoms with Gasteiger partial charge in [0.15, 0.2) is 0 Å². The lowest BCUT2D eigenvalue weighted by Gasteiger charge is -1.98. The summed E-state index contributed by atoms with van der Waals surface area (Å²) in [5, 5.41) is 13.9. The SMILES string of the molecule is Cc1nn(-c2nc(C(C)C)ns2)c(C)c1C(=O)O. The minimum absolute atomic E-state index is 0.233. The predicted molar refractivity (Wildman–Crippen MR) is 67.6 cm³/mol. The fraction of sp³-hybridized carbons (Fsp3) is 0.455. The van der Waals surface area contributed by atoms with Gasteiger partial charge in [-0.05, 0) is 13.8 Å². The maximum Gasteiger partial charge on any atom is 0.339 e. The van der Waals surface area contributed by atoms with Crippen molar-refractivity contribution in [2.45, 2.75) is 33.6 Å². The average Bonchev–Trinajstić information content (AvgIpc) is 2.83. The summed E-state index contributed by atoms with van der Waals surface area (Å²) in [6.45, 7) is 7.42. The van der Waals surface area contributed by atoms with Gasteiger partial charge in [-0.1, -0.05) is 13.8 Å². The molecule has 0 radical (unpaired) electrons. The first-order valence-corrected chi connectivity index (χ1v) is 6.32. The zero-order valence-corrected chi connectivity index (χ0v) is 11.4. The highest BCUT2D eigenvalue weighted by Gasteiger charge is 2.20. The van der Waals surface area contributed by atoms with E-state index in [0.29, 0.717) is 16.5 Å². The van der Waals surface area contributed by atoms with E-state index in [1.807, 2.05) is 13.8 Å². The lowest BCUT2D eigenvalue weighted by atomic mass is 10.2. The number of aromatic nitrogens is 4. The molecule has 0 amide bonds. The molecule has 0 aliphatic carbocycles. The molecule has 6 nitrogen and oxygen atoms in total. The highest BCUT2D eigenvalue weighted by atomic mass is 32.1. The molecule has 2 aromatic rings. The lowest BCUT2D eigenvalue weighted by molar-refractivity contribution is 0.0695. The Balaban J connectivity index is 2.51. The van der Waals surface area contributed by atoms with Crippen molar-refractivity contribution in [2.24, 2.45) is 0 Å². The smallest absolute Gasteiger partial charge is 0.339 e. The van der Waals surface area contributed by atoms with E-state index >= 15 is 0 Å². The number of nitrogens with zero attached hydrogens (tertiary/aromatic N) is 4. The summed E-state index contributed by atoms with van der Waals surface area (Å²) in [6.07, 6.45) is 0. The van der Waals surface area contributed by atoms with Crippen LogP contribution in [0.4, 0.5) is 0 Å². The third-order valence-electron chi connectivity index (χ3n) is 2.63. The standard InChI is InChI=1S/C11H14N4O2S/c1-5(2)9-12-11(18-14-9)15-7(4)8(10(16)17)6(3)13-15/h5H,1-4H3,(H,16,17). The Labute approximate surface area is 108 Å². The van der Waals surface area contributed by atoms with Crippen LogP contribution in [0, 0.1) is 13.8 Å². The molecule has 96 valence electrons. The van der Waals surface area contributed by atoms with Gasteiger partial charge >= 0.3 is 5.97 Å². The van der Waals surface area contributed by atoms with E-state index in [1.165, 1.54) is 11.5 Å². The van der Waals surface area contributed by atoms with Crippen molar-refractivity contribution in [3.8, 4) is 5.13 Å². The molecule has 7 heteroatoms. The minimum Gasteiger partial charge on any atom is -0.478 e. The highest BCUT2D eigenvalue weighted by Crippen LogP contribution is 2.21. The van der Waals surface area contributed by atoms with Crippen LogP contribution in [0.3, 0.4) is 0 Å². The summed E-state index contributed by atoms with van der Waals surface area (Å²) in [6, 6.07) is 0. The van der Waals surface area contributed by atoms with E-state index in [4.69, 9.17) is 5.11 Å². The molecule has 0 aliphatic heterocycles. The molecule has 0 bridgehead atoms. The fourth-order valence-electron chi connectivity index (χ4n) is 1.69. The number of carboxylic acid groups (broad SMARTS) is 1. The summed E-state index contributed by atoms with van der Waals surface area (Å²) in [5.74, 6) is 0.0233. The molecule has 2 rings (SSSR count). The van der Waals surface area contributed by atoms with Crippen LogP contribution in [0.1, 0.15) is 47.3 Å². The maximum atomic E-state index is 11.1. The van der Waals surface area contributed by atoms with Crippen molar-refractivity contribution in [2.75, 3.05) is 0 Å². The van der Waals surface area contributed by atoms with Crippen LogP contribution in [0.2, 0.25) is 0 Å². The summed E-state index contributed by atoms with van der Waals surface area (Å²) in [7, 11) is 0. The molecule has 2 heterocycles. The second kappa shape index (κ2) is 4.49. The van der Waals surface area contributed by atoms with E-state index < -0.39 is 5.97 Å². The molecule has 1 N–H and O–H groups in total. The van der Waals surface area contributed by atoms with Crippen molar-refractivity contribution in [3.63, 3.8) is 0 Å². The first-order chi connectivity index (χ1) is 8.41. The van der Waals surface area contributed by atoms with Gasteiger partial charge in [-0.2, -0.15) is 9.47 Å². The van der Waals surface area contributed by atoms with E-state index in [1.54, 1.807) is 18.5 Å². The second-order valence-corrected chi connectivity index (χ2v) is 5.08. The van der Waals surface area contributed by atoms with E-state index in [-0.39, 0.29) is 11.5 Å². The number of hydrogen-bond acceptors (Lipinski definition) is 5. The third-order valence-corrected chi connectivity index (χ3v) is 3.34. The number of aromatic carboxylic acids is 1. The molecule has 0 aliphatic rings. The van der Waals surface area contributed by atoms with Crippen molar-refractivity contribution in [1.82, 2.24) is 19.1 Å². The molecule has 0 aromatic carbocycles. The summed E-state index contributed by atoms with van der Waals surface area (Å²) in [4.78, 5) is 15.5.